The average molecular weight is 445 g/mol. The predicted molar refractivity (Wildman–Crippen MR) is 118 cm³/mol. The van der Waals surface area contributed by atoms with E-state index in [1.165, 1.54) is 25.5 Å². The van der Waals surface area contributed by atoms with Gasteiger partial charge in [-0.05, 0) is 48.9 Å². The number of ether oxygens (including phenoxy) is 2. The highest BCUT2D eigenvalue weighted by molar-refractivity contribution is 7.89. The van der Waals surface area contributed by atoms with Gasteiger partial charge in [-0.25, -0.2) is 4.83 Å². The Morgan fingerprint density at radius 2 is 1.77 bits per heavy atom. The molecular formula is C22H21ClN2O4S. The standard InChI is InChI=1S/C22H21ClN2O4S/c1-16-7-10-19(11-8-16)30(26,27)25-24-14-17-9-12-21(22(13-17)28-2)29-15-18-5-3-4-6-20(18)23/h3-14,25H,15H2,1-2H3/b24-14-. The monoisotopic (exact) mass is 444 g/mol. The maximum absolute atomic E-state index is 12.3. The van der Waals surface area contributed by atoms with Crippen molar-refractivity contribution in [1.82, 2.24) is 4.83 Å². The molecule has 0 aromatic heterocycles. The fourth-order valence-corrected chi connectivity index (χ4v) is 3.58. The molecule has 3 aromatic rings. The van der Waals surface area contributed by atoms with Crippen LogP contribution in [0.2, 0.25) is 5.02 Å². The third-order valence-corrected chi connectivity index (χ3v) is 5.85. The second kappa shape index (κ2) is 9.65. The fourth-order valence-electron chi connectivity index (χ4n) is 2.60. The number of sulfonamides is 1. The Hall–Kier alpha value is -3.03. The summed E-state index contributed by atoms with van der Waals surface area (Å²) in [5.41, 5.74) is 2.47. The van der Waals surface area contributed by atoms with Gasteiger partial charge in [-0.1, -0.05) is 47.5 Å². The lowest BCUT2D eigenvalue weighted by atomic mass is 10.2. The number of hydrogen-bond acceptors (Lipinski definition) is 5. The number of methoxy groups -OCH3 is 1. The Kier molecular flexibility index (Phi) is 6.97. The van der Waals surface area contributed by atoms with Crippen molar-refractivity contribution >= 4 is 27.8 Å². The van der Waals surface area contributed by atoms with Crippen LogP contribution in [-0.2, 0) is 16.6 Å². The lowest BCUT2D eigenvalue weighted by Gasteiger charge is -2.12. The van der Waals surface area contributed by atoms with E-state index >= 15 is 0 Å². The number of rotatable bonds is 8. The lowest BCUT2D eigenvalue weighted by Crippen LogP contribution is -2.18. The molecule has 3 rings (SSSR count). The topological polar surface area (TPSA) is 77.0 Å². The van der Waals surface area contributed by atoms with E-state index in [-0.39, 0.29) is 4.90 Å². The van der Waals surface area contributed by atoms with Crippen molar-refractivity contribution in [2.75, 3.05) is 7.11 Å². The van der Waals surface area contributed by atoms with Gasteiger partial charge in [0.15, 0.2) is 11.5 Å². The molecule has 3 aromatic carbocycles. The summed E-state index contributed by atoms with van der Waals surface area (Å²) < 4.78 is 35.7. The summed E-state index contributed by atoms with van der Waals surface area (Å²) in [5, 5.41) is 4.47. The van der Waals surface area contributed by atoms with Crippen molar-refractivity contribution in [3.63, 3.8) is 0 Å². The normalized spacial score (nSPS) is 11.4. The quantitative estimate of drug-likeness (QED) is 0.408. The van der Waals surface area contributed by atoms with Gasteiger partial charge in [0.25, 0.3) is 10.0 Å². The molecule has 0 aliphatic carbocycles. The summed E-state index contributed by atoms with van der Waals surface area (Å²) in [5.74, 6) is 1.03. The van der Waals surface area contributed by atoms with E-state index in [1.807, 2.05) is 25.1 Å². The molecule has 0 fully saturated rings. The Morgan fingerprint density at radius 1 is 1.03 bits per heavy atom. The highest BCUT2D eigenvalue weighted by atomic mass is 35.5. The molecule has 0 heterocycles. The number of halogens is 1. The molecule has 156 valence electrons. The summed E-state index contributed by atoms with van der Waals surface area (Å²) in [6.45, 7) is 2.18. The van der Waals surface area contributed by atoms with Crippen molar-refractivity contribution in [2.24, 2.45) is 5.10 Å². The molecule has 0 unspecified atom stereocenters. The van der Waals surface area contributed by atoms with E-state index in [1.54, 1.807) is 36.4 Å². The van der Waals surface area contributed by atoms with Crippen LogP contribution in [0.1, 0.15) is 16.7 Å². The minimum absolute atomic E-state index is 0.145. The summed E-state index contributed by atoms with van der Waals surface area (Å²) in [6, 6.07) is 19.1. The van der Waals surface area contributed by atoms with E-state index in [2.05, 4.69) is 9.93 Å². The van der Waals surface area contributed by atoms with Crippen molar-refractivity contribution in [3.8, 4) is 11.5 Å². The van der Waals surface area contributed by atoms with Crippen LogP contribution in [-0.4, -0.2) is 21.7 Å². The van der Waals surface area contributed by atoms with Gasteiger partial charge >= 0.3 is 0 Å². The minimum atomic E-state index is -3.73. The maximum atomic E-state index is 12.3. The van der Waals surface area contributed by atoms with E-state index < -0.39 is 10.0 Å². The Bertz CT molecular complexity index is 1150. The molecule has 0 amide bonds. The van der Waals surface area contributed by atoms with Crippen LogP contribution in [0.25, 0.3) is 0 Å². The zero-order valence-electron chi connectivity index (χ0n) is 16.5. The van der Waals surface area contributed by atoms with Crippen LogP contribution in [0.5, 0.6) is 11.5 Å². The highest BCUT2D eigenvalue weighted by Gasteiger charge is 2.12. The molecule has 6 nitrogen and oxygen atoms in total. The molecule has 0 saturated heterocycles. The lowest BCUT2D eigenvalue weighted by molar-refractivity contribution is 0.284. The van der Waals surface area contributed by atoms with E-state index in [4.69, 9.17) is 21.1 Å². The van der Waals surface area contributed by atoms with E-state index in [0.29, 0.717) is 28.7 Å². The molecule has 30 heavy (non-hydrogen) atoms. The Labute approximate surface area is 181 Å². The third kappa shape index (κ3) is 5.52. The first kappa shape index (κ1) is 21.7. The molecule has 1 N–H and O–H groups in total. The number of nitrogens with zero attached hydrogens (tertiary/aromatic N) is 1. The van der Waals surface area contributed by atoms with Crippen molar-refractivity contribution < 1.29 is 17.9 Å². The second-order valence-electron chi connectivity index (χ2n) is 6.46. The van der Waals surface area contributed by atoms with Gasteiger partial charge in [0.2, 0.25) is 0 Å². The summed E-state index contributed by atoms with van der Waals surface area (Å²) in [6.07, 6.45) is 1.39. The Balaban J connectivity index is 1.68. The van der Waals surface area contributed by atoms with E-state index in [9.17, 15) is 8.42 Å². The first-order valence-corrected chi connectivity index (χ1v) is 10.9. The Morgan fingerprint density at radius 3 is 2.47 bits per heavy atom. The number of aryl methyl sites for hydroxylation is 1. The van der Waals surface area contributed by atoms with Gasteiger partial charge < -0.3 is 9.47 Å². The third-order valence-electron chi connectivity index (χ3n) is 4.25. The summed E-state index contributed by atoms with van der Waals surface area (Å²) in [7, 11) is -2.20. The second-order valence-corrected chi connectivity index (χ2v) is 8.52. The minimum Gasteiger partial charge on any atom is -0.493 e. The van der Waals surface area contributed by atoms with Crippen molar-refractivity contribution in [3.05, 3.63) is 88.4 Å². The van der Waals surface area contributed by atoms with Crippen LogP contribution < -0.4 is 14.3 Å². The van der Waals surface area contributed by atoms with Crippen molar-refractivity contribution in [1.29, 1.82) is 0 Å². The zero-order valence-corrected chi connectivity index (χ0v) is 18.1. The zero-order chi connectivity index (χ0) is 21.6. The van der Waals surface area contributed by atoms with Gasteiger partial charge in [0.1, 0.15) is 6.61 Å². The SMILES string of the molecule is COc1cc(/C=N\NS(=O)(=O)c2ccc(C)cc2)ccc1OCc1ccccc1Cl. The first-order chi connectivity index (χ1) is 14.4. The fraction of sp³-hybridized carbons (Fsp3) is 0.136. The average Bonchev–Trinajstić information content (AvgIpc) is 2.74. The number of hydrazone groups is 1. The van der Waals surface area contributed by atoms with Crippen LogP contribution in [0.15, 0.2) is 76.7 Å². The number of nitrogens with one attached hydrogen (secondary N) is 1. The molecule has 0 aliphatic rings. The molecular weight excluding hydrogens is 424 g/mol. The maximum Gasteiger partial charge on any atom is 0.276 e. The van der Waals surface area contributed by atoms with Gasteiger partial charge in [-0.15, -0.1) is 0 Å². The van der Waals surface area contributed by atoms with Crippen LogP contribution in [0, 0.1) is 6.92 Å². The van der Waals surface area contributed by atoms with Gasteiger partial charge in [-0.3, -0.25) is 0 Å². The molecule has 0 atom stereocenters. The number of hydrogen-bond donors (Lipinski definition) is 1. The van der Waals surface area contributed by atoms with Crippen molar-refractivity contribution in [2.45, 2.75) is 18.4 Å². The summed E-state index contributed by atoms with van der Waals surface area (Å²) in [4.78, 5) is 2.35. The molecule has 0 bridgehead atoms. The van der Waals surface area contributed by atoms with Gasteiger partial charge in [0.05, 0.1) is 18.2 Å². The first-order valence-electron chi connectivity index (χ1n) is 9.05. The van der Waals surface area contributed by atoms with E-state index in [0.717, 1.165) is 11.1 Å². The molecule has 8 heteroatoms. The smallest absolute Gasteiger partial charge is 0.276 e. The summed E-state index contributed by atoms with van der Waals surface area (Å²) >= 11 is 6.15. The van der Waals surface area contributed by atoms with Gasteiger partial charge in [0, 0.05) is 10.6 Å². The van der Waals surface area contributed by atoms with Crippen LogP contribution >= 0.6 is 11.6 Å². The number of benzene rings is 3. The largest absolute Gasteiger partial charge is 0.493 e. The molecule has 0 aliphatic heterocycles. The molecule has 0 radical (unpaired) electrons. The predicted octanol–water partition coefficient (Wildman–Crippen LogP) is 4.55. The van der Waals surface area contributed by atoms with Crippen LogP contribution in [0.3, 0.4) is 0 Å². The highest BCUT2D eigenvalue weighted by Crippen LogP contribution is 2.29. The molecule has 0 saturated carbocycles. The van der Waals surface area contributed by atoms with Gasteiger partial charge in [-0.2, -0.15) is 13.5 Å². The van der Waals surface area contributed by atoms with Crippen LogP contribution in [0.4, 0.5) is 0 Å². The molecule has 0 spiro atoms.